The number of rotatable bonds is 3. The first kappa shape index (κ1) is 14.4. The summed E-state index contributed by atoms with van der Waals surface area (Å²) in [6.45, 7) is 3.85. The van der Waals surface area contributed by atoms with Crippen molar-refractivity contribution in [2.45, 2.75) is 19.9 Å². The molecule has 0 saturated heterocycles. The predicted molar refractivity (Wildman–Crippen MR) is 83.2 cm³/mol. The zero-order chi connectivity index (χ0) is 14.5. The maximum absolute atomic E-state index is 12.0. The highest BCUT2D eigenvalue weighted by Crippen LogP contribution is 2.19. The quantitative estimate of drug-likeness (QED) is 0.856. The van der Waals surface area contributed by atoms with Gasteiger partial charge in [-0.05, 0) is 43.2 Å². The topological polar surface area (TPSA) is 41.1 Å². The molecule has 0 fully saturated rings. The van der Waals surface area contributed by atoms with E-state index in [9.17, 15) is 4.79 Å². The fourth-order valence-electron chi connectivity index (χ4n) is 1.95. The number of anilines is 1. The number of halogens is 1. The van der Waals surface area contributed by atoms with Crippen LogP contribution in [0.4, 0.5) is 10.5 Å². The molecule has 0 aliphatic heterocycles. The lowest BCUT2D eigenvalue weighted by Crippen LogP contribution is -2.31. The Morgan fingerprint density at radius 2 is 1.85 bits per heavy atom. The summed E-state index contributed by atoms with van der Waals surface area (Å²) in [4.78, 5) is 12.0. The van der Waals surface area contributed by atoms with Crippen LogP contribution >= 0.6 is 11.6 Å². The van der Waals surface area contributed by atoms with E-state index in [2.05, 4.69) is 10.6 Å². The van der Waals surface area contributed by atoms with Crippen LogP contribution in [0.2, 0.25) is 5.02 Å². The van der Waals surface area contributed by atoms with E-state index >= 15 is 0 Å². The average molecular weight is 289 g/mol. The summed E-state index contributed by atoms with van der Waals surface area (Å²) >= 11 is 5.89. The molecule has 2 rings (SSSR count). The first-order valence-electron chi connectivity index (χ1n) is 6.45. The van der Waals surface area contributed by atoms with Crippen LogP contribution in [0.1, 0.15) is 24.1 Å². The Balaban J connectivity index is 1.99. The summed E-state index contributed by atoms with van der Waals surface area (Å²) in [5.74, 6) is 0. The third-order valence-electron chi connectivity index (χ3n) is 3.08. The van der Waals surface area contributed by atoms with E-state index < -0.39 is 0 Å². The summed E-state index contributed by atoms with van der Waals surface area (Å²) in [6, 6.07) is 14.9. The summed E-state index contributed by atoms with van der Waals surface area (Å²) in [5.41, 5.74) is 2.75. The van der Waals surface area contributed by atoms with Gasteiger partial charge in [0, 0.05) is 10.7 Å². The van der Waals surface area contributed by atoms with Gasteiger partial charge in [-0.15, -0.1) is 0 Å². The molecule has 0 heterocycles. The van der Waals surface area contributed by atoms with Gasteiger partial charge in [0.25, 0.3) is 0 Å². The fraction of sp³-hybridized carbons (Fsp3) is 0.188. The SMILES string of the molecule is Cc1cc(Cl)ccc1NC(=O)NC(C)c1ccccc1. The Bertz CT molecular complexity index is 599. The van der Waals surface area contributed by atoms with Crippen molar-refractivity contribution in [1.82, 2.24) is 5.32 Å². The molecule has 2 aromatic carbocycles. The van der Waals surface area contributed by atoms with Crippen molar-refractivity contribution >= 4 is 23.3 Å². The third-order valence-corrected chi connectivity index (χ3v) is 3.32. The molecule has 0 radical (unpaired) electrons. The van der Waals surface area contributed by atoms with Crippen molar-refractivity contribution in [3.8, 4) is 0 Å². The molecule has 104 valence electrons. The van der Waals surface area contributed by atoms with Crippen molar-refractivity contribution in [3.05, 3.63) is 64.7 Å². The van der Waals surface area contributed by atoms with Crippen LogP contribution < -0.4 is 10.6 Å². The Labute approximate surface area is 124 Å². The molecule has 0 aliphatic rings. The van der Waals surface area contributed by atoms with Gasteiger partial charge < -0.3 is 10.6 Å². The minimum atomic E-state index is -0.230. The Hall–Kier alpha value is -2.00. The molecule has 3 nitrogen and oxygen atoms in total. The van der Waals surface area contributed by atoms with E-state index in [4.69, 9.17) is 11.6 Å². The second kappa shape index (κ2) is 6.44. The number of hydrogen-bond acceptors (Lipinski definition) is 1. The van der Waals surface area contributed by atoms with Gasteiger partial charge in [-0.25, -0.2) is 4.79 Å². The summed E-state index contributed by atoms with van der Waals surface area (Å²) in [5, 5.41) is 6.39. The number of amides is 2. The molecule has 0 saturated carbocycles. The molecule has 1 unspecified atom stereocenters. The Morgan fingerprint density at radius 3 is 2.50 bits per heavy atom. The van der Waals surface area contributed by atoms with Gasteiger partial charge in [0.2, 0.25) is 0 Å². The van der Waals surface area contributed by atoms with Gasteiger partial charge in [0.15, 0.2) is 0 Å². The molecule has 0 spiro atoms. The smallest absolute Gasteiger partial charge is 0.319 e. The molecule has 2 aromatic rings. The maximum atomic E-state index is 12.0. The van der Waals surface area contributed by atoms with Crippen molar-refractivity contribution in [1.29, 1.82) is 0 Å². The van der Waals surface area contributed by atoms with E-state index in [-0.39, 0.29) is 12.1 Å². The zero-order valence-corrected chi connectivity index (χ0v) is 12.2. The molecular formula is C16H17ClN2O. The minimum Gasteiger partial charge on any atom is -0.331 e. The van der Waals surface area contributed by atoms with Crippen molar-refractivity contribution in [2.24, 2.45) is 0 Å². The fourth-order valence-corrected chi connectivity index (χ4v) is 2.17. The molecule has 0 aromatic heterocycles. The van der Waals surface area contributed by atoms with Gasteiger partial charge in [-0.3, -0.25) is 0 Å². The minimum absolute atomic E-state index is 0.0520. The van der Waals surface area contributed by atoms with E-state index in [0.29, 0.717) is 5.02 Å². The van der Waals surface area contributed by atoms with E-state index in [1.165, 1.54) is 0 Å². The summed E-state index contributed by atoms with van der Waals surface area (Å²) in [6.07, 6.45) is 0. The molecule has 4 heteroatoms. The van der Waals surface area contributed by atoms with Gasteiger partial charge in [-0.2, -0.15) is 0 Å². The van der Waals surface area contributed by atoms with Crippen LogP contribution in [0.15, 0.2) is 48.5 Å². The second-order valence-electron chi connectivity index (χ2n) is 4.69. The number of benzene rings is 2. The number of hydrogen-bond donors (Lipinski definition) is 2. The molecule has 0 aliphatic carbocycles. The monoisotopic (exact) mass is 288 g/mol. The largest absolute Gasteiger partial charge is 0.331 e. The lowest BCUT2D eigenvalue weighted by molar-refractivity contribution is 0.249. The Kier molecular flexibility index (Phi) is 4.64. The van der Waals surface area contributed by atoms with Crippen LogP contribution in [0.5, 0.6) is 0 Å². The first-order chi connectivity index (χ1) is 9.56. The number of carbonyl (C=O) groups excluding carboxylic acids is 1. The highest BCUT2D eigenvalue weighted by molar-refractivity contribution is 6.30. The number of urea groups is 1. The molecule has 2 amide bonds. The van der Waals surface area contributed by atoms with Crippen molar-refractivity contribution in [3.63, 3.8) is 0 Å². The van der Waals surface area contributed by atoms with E-state index in [1.807, 2.05) is 50.2 Å². The summed E-state index contributed by atoms with van der Waals surface area (Å²) in [7, 11) is 0. The zero-order valence-electron chi connectivity index (χ0n) is 11.5. The normalized spacial score (nSPS) is 11.8. The van der Waals surface area contributed by atoms with Crippen LogP contribution in [-0.4, -0.2) is 6.03 Å². The lowest BCUT2D eigenvalue weighted by Gasteiger charge is -2.16. The van der Waals surface area contributed by atoms with Crippen molar-refractivity contribution < 1.29 is 4.79 Å². The maximum Gasteiger partial charge on any atom is 0.319 e. The van der Waals surface area contributed by atoms with Crippen LogP contribution in [0, 0.1) is 6.92 Å². The number of aryl methyl sites for hydroxylation is 1. The predicted octanol–water partition coefficient (Wildman–Crippen LogP) is 4.53. The van der Waals surface area contributed by atoms with Crippen LogP contribution in [0.25, 0.3) is 0 Å². The standard InChI is InChI=1S/C16H17ClN2O/c1-11-10-14(17)8-9-15(11)19-16(20)18-12(2)13-6-4-3-5-7-13/h3-10,12H,1-2H3,(H2,18,19,20). The third kappa shape index (κ3) is 3.75. The molecule has 1 atom stereocenters. The van der Waals surface area contributed by atoms with E-state index in [0.717, 1.165) is 16.8 Å². The highest BCUT2D eigenvalue weighted by atomic mass is 35.5. The Morgan fingerprint density at radius 1 is 1.15 bits per heavy atom. The highest BCUT2D eigenvalue weighted by Gasteiger charge is 2.10. The summed E-state index contributed by atoms with van der Waals surface area (Å²) < 4.78 is 0. The molecule has 2 N–H and O–H groups in total. The van der Waals surface area contributed by atoms with Gasteiger partial charge in [0.1, 0.15) is 0 Å². The molecular weight excluding hydrogens is 272 g/mol. The average Bonchev–Trinajstić information content (AvgIpc) is 2.43. The first-order valence-corrected chi connectivity index (χ1v) is 6.82. The lowest BCUT2D eigenvalue weighted by atomic mass is 10.1. The van der Waals surface area contributed by atoms with Gasteiger partial charge in [0.05, 0.1) is 6.04 Å². The van der Waals surface area contributed by atoms with Crippen LogP contribution in [-0.2, 0) is 0 Å². The molecule has 0 bridgehead atoms. The van der Waals surface area contributed by atoms with Crippen LogP contribution in [0.3, 0.4) is 0 Å². The van der Waals surface area contributed by atoms with Gasteiger partial charge in [-0.1, -0.05) is 41.9 Å². The molecule has 20 heavy (non-hydrogen) atoms. The van der Waals surface area contributed by atoms with Gasteiger partial charge >= 0.3 is 6.03 Å². The van der Waals surface area contributed by atoms with Crippen molar-refractivity contribution in [2.75, 3.05) is 5.32 Å². The van der Waals surface area contributed by atoms with E-state index in [1.54, 1.807) is 12.1 Å². The second-order valence-corrected chi connectivity index (χ2v) is 5.13. The number of nitrogens with one attached hydrogen (secondary N) is 2. The number of carbonyl (C=O) groups is 1.